The van der Waals surface area contributed by atoms with Crippen molar-refractivity contribution < 1.29 is 19.1 Å². The van der Waals surface area contributed by atoms with E-state index in [1.165, 1.54) is 11.8 Å². The highest BCUT2D eigenvalue weighted by Gasteiger charge is 2.78. The Morgan fingerprint density at radius 2 is 1.83 bits per heavy atom. The van der Waals surface area contributed by atoms with Crippen LogP contribution in [0.15, 0.2) is 55.1 Å². The predicted octanol–water partition coefficient (Wildman–Crippen LogP) is 3.39. The van der Waals surface area contributed by atoms with Crippen LogP contribution in [-0.4, -0.2) is 72.1 Å². The van der Waals surface area contributed by atoms with Crippen LogP contribution in [0.1, 0.15) is 17.0 Å². The van der Waals surface area contributed by atoms with Crippen LogP contribution in [-0.2, 0) is 15.1 Å². The third-order valence-corrected chi connectivity index (χ3v) is 9.41. The molecule has 0 radical (unpaired) electrons. The Bertz CT molecular complexity index is 1270. The van der Waals surface area contributed by atoms with Crippen LogP contribution in [0.4, 0.5) is 5.69 Å². The van der Waals surface area contributed by atoms with E-state index in [0.29, 0.717) is 22.4 Å². The second-order valence-corrected chi connectivity index (χ2v) is 10.9. The van der Waals surface area contributed by atoms with E-state index in [1.807, 2.05) is 54.4 Å². The SMILES string of the molecule is C=CCN1C(=O)[C@@]2(SC1=S)[C@H](c1cccc(OC)c1)CN(C)[C@]21C(=O)N(C)c2ccc(OC)cc21. The van der Waals surface area contributed by atoms with E-state index in [9.17, 15) is 9.59 Å². The average Bonchev–Trinajstić information content (AvgIpc) is 3.37. The minimum absolute atomic E-state index is 0.155. The Morgan fingerprint density at radius 3 is 2.51 bits per heavy atom. The number of thioether (sulfide) groups is 1. The first-order valence-electron chi connectivity index (χ1n) is 11.3. The Balaban J connectivity index is 1.84. The van der Waals surface area contributed by atoms with Gasteiger partial charge in [0.1, 0.15) is 20.6 Å². The van der Waals surface area contributed by atoms with Gasteiger partial charge in [-0.2, -0.15) is 0 Å². The third kappa shape index (κ3) is 2.92. The summed E-state index contributed by atoms with van der Waals surface area (Å²) >= 11 is 7.06. The van der Waals surface area contributed by atoms with E-state index in [1.54, 1.807) is 37.1 Å². The number of carbonyl (C=O) groups excluding carboxylic acids is 2. The van der Waals surface area contributed by atoms with Gasteiger partial charge in [-0.1, -0.05) is 42.2 Å². The molecule has 182 valence electrons. The number of likely N-dealkylation sites (tertiary alicyclic amines) is 1. The normalized spacial score (nSPS) is 27.9. The van der Waals surface area contributed by atoms with E-state index >= 15 is 0 Å². The van der Waals surface area contributed by atoms with Gasteiger partial charge in [-0.25, -0.2) is 0 Å². The number of rotatable bonds is 5. The first-order valence-corrected chi connectivity index (χ1v) is 12.5. The molecule has 0 bridgehead atoms. The lowest BCUT2D eigenvalue weighted by Crippen LogP contribution is -2.62. The summed E-state index contributed by atoms with van der Waals surface area (Å²) in [5.41, 5.74) is 1.15. The lowest BCUT2D eigenvalue weighted by molar-refractivity contribution is -0.138. The van der Waals surface area contributed by atoms with Gasteiger partial charge in [0.25, 0.3) is 5.91 Å². The summed E-state index contributed by atoms with van der Waals surface area (Å²) in [5.74, 6) is 0.654. The summed E-state index contributed by atoms with van der Waals surface area (Å²) in [6.07, 6.45) is 1.66. The molecule has 3 aliphatic heterocycles. The van der Waals surface area contributed by atoms with Crippen molar-refractivity contribution in [3.05, 3.63) is 66.2 Å². The van der Waals surface area contributed by atoms with Crippen molar-refractivity contribution in [2.45, 2.75) is 16.2 Å². The van der Waals surface area contributed by atoms with Crippen molar-refractivity contribution in [2.24, 2.45) is 0 Å². The largest absolute Gasteiger partial charge is 0.497 e. The second kappa shape index (κ2) is 8.36. The molecule has 7 nitrogen and oxygen atoms in total. The number of likely N-dealkylation sites (N-methyl/N-ethyl adjacent to an activating group) is 2. The smallest absolute Gasteiger partial charge is 0.254 e. The maximum absolute atomic E-state index is 14.5. The minimum Gasteiger partial charge on any atom is -0.497 e. The summed E-state index contributed by atoms with van der Waals surface area (Å²) in [7, 11) is 6.88. The molecule has 2 fully saturated rings. The average molecular weight is 510 g/mol. The summed E-state index contributed by atoms with van der Waals surface area (Å²) in [4.78, 5) is 34.1. The van der Waals surface area contributed by atoms with Gasteiger partial charge in [0, 0.05) is 37.3 Å². The molecular weight excluding hydrogens is 482 g/mol. The van der Waals surface area contributed by atoms with Crippen molar-refractivity contribution in [3.63, 3.8) is 0 Å². The number of fused-ring (bicyclic) bond motifs is 3. The second-order valence-electron chi connectivity index (χ2n) is 8.98. The van der Waals surface area contributed by atoms with Gasteiger partial charge < -0.3 is 14.4 Å². The van der Waals surface area contributed by atoms with Crippen LogP contribution in [0.5, 0.6) is 11.5 Å². The highest BCUT2D eigenvalue weighted by molar-refractivity contribution is 8.25. The number of thiocarbonyl (C=S) groups is 1. The number of hydrogen-bond donors (Lipinski definition) is 0. The molecule has 5 rings (SSSR count). The maximum atomic E-state index is 14.5. The first-order chi connectivity index (χ1) is 16.8. The Kier molecular flexibility index (Phi) is 5.69. The van der Waals surface area contributed by atoms with Gasteiger partial charge in [-0.05, 0) is 42.9 Å². The van der Waals surface area contributed by atoms with Crippen LogP contribution in [0.2, 0.25) is 0 Å². The maximum Gasteiger partial charge on any atom is 0.254 e. The van der Waals surface area contributed by atoms with E-state index in [-0.39, 0.29) is 24.3 Å². The van der Waals surface area contributed by atoms with E-state index in [2.05, 4.69) is 6.58 Å². The Morgan fingerprint density at radius 1 is 1.11 bits per heavy atom. The van der Waals surface area contributed by atoms with Crippen LogP contribution in [0.25, 0.3) is 0 Å². The molecule has 2 saturated heterocycles. The summed E-state index contributed by atoms with van der Waals surface area (Å²) in [5, 5.41) is 0. The van der Waals surface area contributed by atoms with Crippen molar-refractivity contribution in [2.75, 3.05) is 46.3 Å². The number of carbonyl (C=O) groups is 2. The number of ether oxygens (including phenoxy) is 2. The molecule has 0 N–H and O–H groups in total. The van der Waals surface area contributed by atoms with E-state index in [0.717, 1.165) is 16.8 Å². The molecule has 0 aliphatic carbocycles. The predicted molar refractivity (Wildman–Crippen MR) is 141 cm³/mol. The molecule has 9 heteroatoms. The topological polar surface area (TPSA) is 62.3 Å². The number of hydrogen-bond acceptors (Lipinski definition) is 7. The molecule has 2 amide bonds. The number of amides is 2. The molecule has 35 heavy (non-hydrogen) atoms. The van der Waals surface area contributed by atoms with Gasteiger partial charge in [-0.3, -0.25) is 19.4 Å². The zero-order valence-corrected chi connectivity index (χ0v) is 21.7. The highest BCUT2D eigenvalue weighted by Crippen LogP contribution is 2.66. The fourth-order valence-electron chi connectivity index (χ4n) is 5.95. The lowest BCUT2D eigenvalue weighted by atomic mass is 9.72. The molecule has 3 aliphatic rings. The fraction of sp³-hybridized carbons (Fsp3) is 0.346. The van der Waals surface area contributed by atoms with E-state index < -0.39 is 10.3 Å². The lowest BCUT2D eigenvalue weighted by Gasteiger charge is -2.42. The van der Waals surface area contributed by atoms with Crippen LogP contribution in [0, 0.1) is 0 Å². The molecule has 0 unspecified atom stereocenters. The van der Waals surface area contributed by atoms with Crippen LogP contribution >= 0.6 is 24.0 Å². The summed E-state index contributed by atoms with van der Waals surface area (Å²) in [6, 6.07) is 13.3. The van der Waals surface area contributed by atoms with Gasteiger partial charge in [0.05, 0.1) is 14.2 Å². The standard InChI is InChI=1S/C26H27N3O4S2/c1-6-12-29-23(31)26(35-24(29)34)20(16-8-7-9-17(13-16)32-4)15-27(2)25(26)19-14-18(33-5)10-11-21(19)28(3)22(25)30/h6-11,13-14,20H,1,12,15H2,2-5H3/t20-,25+,26-/m0/s1. The van der Waals surface area contributed by atoms with Crippen molar-refractivity contribution in [1.82, 2.24) is 9.80 Å². The van der Waals surface area contributed by atoms with Gasteiger partial charge >= 0.3 is 0 Å². The summed E-state index contributed by atoms with van der Waals surface area (Å²) in [6.45, 7) is 4.58. The number of methoxy groups -OCH3 is 2. The summed E-state index contributed by atoms with van der Waals surface area (Å²) < 4.78 is 10.3. The Hall–Kier alpha value is -2.88. The van der Waals surface area contributed by atoms with Gasteiger partial charge in [0.15, 0.2) is 5.54 Å². The number of benzene rings is 2. The molecule has 3 heterocycles. The molecule has 0 aromatic heterocycles. The number of anilines is 1. The van der Waals surface area contributed by atoms with Crippen molar-refractivity contribution in [3.8, 4) is 11.5 Å². The van der Waals surface area contributed by atoms with Gasteiger partial charge in [-0.15, -0.1) is 6.58 Å². The van der Waals surface area contributed by atoms with E-state index in [4.69, 9.17) is 21.7 Å². The quantitative estimate of drug-likeness (QED) is 0.452. The highest BCUT2D eigenvalue weighted by atomic mass is 32.2. The Labute approximate surface area is 214 Å². The molecule has 3 atom stereocenters. The van der Waals surface area contributed by atoms with Crippen LogP contribution < -0.4 is 14.4 Å². The first kappa shape index (κ1) is 23.8. The fourth-order valence-corrected chi connectivity index (χ4v) is 8.09. The van der Waals surface area contributed by atoms with Crippen molar-refractivity contribution >= 4 is 45.8 Å². The zero-order chi connectivity index (χ0) is 25.1. The molecular formula is C26H27N3O4S2. The number of nitrogens with zero attached hydrogens (tertiary/aromatic N) is 3. The van der Waals surface area contributed by atoms with Gasteiger partial charge in [0.2, 0.25) is 5.91 Å². The monoisotopic (exact) mass is 509 g/mol. The molecule has 2 aromatic carbocycles. The third-order valence-electron chi connectivity index (χ3n) is 7.47. The molecule has 0 saturated carbocycles. The van der Waals surface area contributed by atoms with Crippen LogP contribution in [0.3, 0.4) is 0 Å². The minimum atomic E-state index is -1.28. The molecule has 2 aromatic rings. The molecule has 2 spiro atoms. The zero-order valence-electron chi connectivity index (χ0n) is 20.1. The van der Waals surface area contributed by atoms with Crippen molar-refractivity contribution in [1.29, 1.82) is 0 Å².